The second-order valence-electron chi connectivity index (χ2n) is 8.12. The van der Waals surface area contributed by atoms with Gasteiger partial charge in [-0.05, 0) is 54.3 Å². The Morgan fingerprint density at radius 3 is 2.43 bits per heavy atom. The molecule has 1 N–H and O–H groups in total. The number of hydrogen-bond acceptors (Lipinski definition) is 3. The molecular formula is C24H32FN3O2. The quantitative estimate of drug-likeness (QED) is 0.634. The van der Waals surface area contributed by atoms with Crippen molar-refractivity contribution >= 4 is 23.2 Å². The topological polar surface area (TPSA) is 52.7 Å². The van der Waals surface area contributed by atoms with Crippen molar-refractivity contribution in [2.24, 2.45) is 5.92 Å². The van der Waals surface area contributed by atoms with Crippen molar-refractivity contribution in [1.29, 1.82) is 0 Å². The van der Waals surface area contributed by atoms with Crippen LogP contribution in [0.5, 0.6) is 0 Å². The summed E-state index contributed by atoms with van der Waals surface area (Å²) in [6, 6.07) is 11.5. The van der Waals surface area contributed by atoms with Crippen LogP contribution in [0.3, 0.4) is 0 Å². The van der Waals surface area contributed by atoms with Crippen LogP contribution in [0.1, 0.15) is 49.5 Å². The van der Waals surface area contributed by atoms with Crippen molar-refractivity contribution in [3.8, 4) is 0 Å². The first-order chi connectivity index (χ1) is 14.2. The molecule has 0 aliphatic heterocycles. The summed E-state index contributed by atoms with van der Waals surface area (Å²) in [4.78, 5) is 28.9. The average Bonchev–Trinajstić information content (AvgIpc) is 2.66. The Balaban J connectivity index is 2.31. The fourth-order valence-corrected chi connectivity index (χ4v) is 3.34. The minimum absolute atomic E-state index is 0.0326. The van der Waals surface area contributed by atoms with E-state index in [1.807, 2.05) is 58.0 Å². The average molecular weight is 414 g/mol. The van der Waals surface area contributed by atoms with E-state index in [2.05, 4.69) is 5.32 Å². The lowest BCUT2D eigenvalue weighted by molar-refractivity contribution is -0.116. The number of hydrogen-bond donors (Lipinski definition) is 1. The summed E-state index contributed by atoms with van der Waals surface area (Å²) in [5.41, 5.74) is 2.91. The Kier molecular flexibility index (Phi) is 8.39. The molecule has 6 heteroatoms. The summed E-state index contributed by atoms with van der Waals surface area (Å²) in [5, 5.41) is 2.94. The van der Waals surface area contributed by atoms with Crippen LogP contribution in [0, 0.1) is 11.7 Å². The summed E-state index contributed by atoms with van der Waals surface area (Å²) in [6.07, 6.45) is 1.23. The minimum atomic E-state index is -0.429. The Bertz CT molecular complexity index is 881. The van der Waals surface area contributed by atoms with E-state index in [0.717, 1.165) is 17.7 Å². The van der Waals surface area contributed by atoms with Crippen LogP contribution in [0.15, 0.2) is 42.5 Å². The zero-order valence-corrected chi connectivity index (χ0v) is 18.5. The van der Waals surface area contributed by atoms with Gasteiger partial charge in [-0.25, -0.2) is 4.39 Å². The van der Waals surface area contributed by atoms with E-state index in [4.69, 9.17) is 0 Å². The van der Waals surface area contributed by atoms with Crippen molar-refractivity contribution in [3.05, 3.63) is 59.4 Å². The van der Waals surface area contributed by atoms with Crippen LogP contribution in [0.25, 0.3) is 0 Å². The number of anilines is 2. The summed E-state index contributed by atoms with van der Waals surface area (Å²) in [5.74, 6) is -0.402. The normalized spacial score (nSPS) is 10.8. The van der Waals surface area contributed by atoms with Gasteiger partial charge in [-0.3, -0.25) is 9.59 Å². The second-order valence-corrected chi connectivity index (χ2v) is 8.12. The van der Waals surface area contributed by atoms with Gasteiger partial charge in [0.15, 0.2) is 0 Å². The summed E-state index contributed by atoms with van der Waals surface area (Å²) >= 11 is 0. The molecule has 0 aliphatic rings. The monoisotopic (exact) mass is 413 g/mol. The number of carbonyl (C=O) groups is 2. The Morgan fingerprint density at radius 2 is 1.83 bits per heavy atom. The van der Waals surface area contributed by atoms with Gasteiger partial charge in [0.1, 0.15) is 5.82 Å². The highest BCUT2D eigenvalue weighted by atomic mass is 19.1. The molecule has 2 aromatic carbocycles. The van der Waals surface area contributed by atoms with E-state index >= 15 is 0 Å². The van der Waals surface area contributed by atoms with E-state index in [1.54, 1.807) is 17.0 Å². The standard InChI is InChI=1S/C24H32FN3O2/c1-6-12-28(24(30)18-8-7-9-20(25)14-18)16-19-15-21(10-11-22(19)27(4)5)26-23(29)13-17(2)3/h7-11,14-15,17H,6,12-13,16H2,1-5H3,(H,26,29). The van der Waals surface area contributed by atoms with Gasteiger partial charge < -0.3 is 15.1 Å². The molecule has 0 fully saturated rings. The molecule has 2 rings (SSSR count). The third kappa shape index (κ3) is 6.58. The lowest BCUT2D eigenvalue weighted by Gasteiger charge is -2.26. The fourth-order valence-electron chi connectivity index (χ4n) is 3.34. The van der Waals surface area contributed by atoms with Gasteiger partial charge in [0.2, 0.25) is 5.91 Å². The summed E-state index contributed by atoms with van der Waals surface area (Å²) in [6.45, 7) is 6.92. The molecule has 2 aromatic rings. The van der Waals surface area contributed by atoms with Crippen LogP contribution >= 0.6 is 0 Å². The van der Waals surface area contributed by atoms with Gasteiger partial charge in [0.05, 0.1) is 0 Å². The van der Waals surface area contributed by atoms with Crippen molar-refractivity contribution in [2.45, 2.75) is 40.2 Å². The van der Waals surface area contributed by atoms with Gasteiger partial charge in [0, 0.05) is 50.5 Å². The van der Waals surface area contributed by atoms with Crippen LogP contribution in [0.4, 0.5) is 15.8 Å². The number of amides is 2. The molecule has 0 aromatic heterocycles. The zero-order chi connectivity index (χ0) is 22.3. The molecule has 5 nitrogen and oxygen atoms in total. The highest BCUT2D eigenvalue weighted by Crippen LogP contribution is 2.25. The van der Waals surface area contributed by atoms with Gasteiger partial charge in [0.25, 0.3) is 5.91 Å². The minimum Gasteiger partial charge on any atom is -0.377 e. The maximum Gasteiger partial charge on any atom is 0.254 e. The van der Waals surface area contributed by atoms with E-state index in [1.165, 1.54) is 12.1 Å². The first kappa shape index (κ1) is 23.4. The number of nitrogens with zero attached hydrogens (tertiary/aromatic N) is 2. The van der Waals surface area contributed by atoms with Crippen molar-refractivity contribution < 1.29 is 14.0 Å². The number of nitrogens with one attached hydrogen (secondary N) is 1. The first-order valence-electron chi connectivity index (χ1n) is 10.4. The third-order valence-electron chi connectivity index (χ3n) is 4.65. The molecule has 0 bridgehead atoms. The van der Waals surface area contributed by atoms with Crippen LogP contribution < -0.4 is 10.2 Å². The SMILES string of the molecule is CCCN(Cc1cc(NC(=O)CC(C)C)ccc1N(C)C)C(=O)c1cccc(F)c1. The lowest BCUT2D eigenvalue weighted by atomic mass is 10.1. The van der Waals surface area contributed by atoms with E-state index in [-0.39, 0.29) is 17.7 Å². The zero-order valence-electron chi connectivity index (χ0n) is 18.5. The smallest absolute Gasteiger partial charge is 0.254 e. The fraction of sp³-hybridized carbons (Fsp3) is 0.417. The third-order valence-corrected chi connectivity index (χ3v) is 4.65. The largest absolute Gasteiger partial charge is 0.377 e. The number of carbonyl (C=O) groups excluding carboxylic acids is 2. The van der Waals surface area contributed by atoms with Gasteiger partial charge in [-0.15, -0.1) is 0 Å². The molecule has 162 valence electrons. The summed E-state index contributed by atoms with van der Waals surface area (Å²) < 4.78 is 13.6. The maximum atomic E-state index is 13.6. The van der Waals surface area contributed by atoms with Crippen LogP contribution in [-0.2, 0) is 11.3 Å². The van der Waals surface area contributed by atoms with Crippen LogP contribution in [0.2, 0.25) is 0 Å². The van der Waals surface area contributed by atoms with Crippen LogP contribution in [-0.4, -0.2) is 37.4 Å². The maximum absolute atomic E-state index is 13.6. The first-order valence-corrected chi connectivity index (χ1v) is 10.4. The molecule has 0 aliphatic carbocycles. The molecule has 30 heavy (non-hydrogen) atoms. The second kappa shape index (κ2) is 10.8. The van der Waals surface area contributed by atoms with Gasteiger partial charge >= 0.3 is 0 Å². The predicted molar refractivity (Wildman–Crippen MR) is 120 cm³/mol. The van der Waals surface area contributed by atoms with Crippen molar-refractivity contribution in [2.75, 3.05) is 30.9 Å². The molecule has 0 radical (unpaired) electrons. The predicted octanol–water partition coefficient (Wildman–Crippen LogP) is 4.93. The van der Waals surface area contributed by atoms with Crippen molar-refractivity contribution in [3.63, 3.8) is 0 Å². The molecule has 0 spiro atoms. The molecule has 0 heterocycles. The Labute approximate surface area is 178 Å². The van der Waals surface area contributed by atoms with Gasteiger partial charge in [-0.1, -0.05) is 26.8 Å². The molecule has 0 atom stereocenters. The molecule has 2 amide bonds. The van der Waals surface area contributed by atoms with E-state index in [0.29, 0.717) is 30.8 Å². The highest BCUT2D eigenvalue weighted by molar-refractivity contribution is 5.94. The number of halogens is 1. The molecular weight excluding hydrogens is 381 g/mol. The van der Waals surface area contributed by atoms with Crippen molar-refractivity contribution in [1.82, 2.24) is 4.90 Å². The summed E-state index contributed by atoms with van der Waals surface area (Å²) in [7, 11) is 3.88. The van der Waals surface area contributed by atoms with E-state index < -0.39 is 5.82 Å². The highest BCUT2D eigenvalue weighted by Gasteiger charge is 2.19. The molecule has 0 saturated carbocycles. The van der Waals surface area contributed by atoms with E-state index in [9.17, 15) is 14.0 Å². The lowest BCUT2D eigenvalue weighted by Crippen LogP contribution is -2.32. The molecule has 0 unspecified atom stereocenters. The van der Waals surface area contributed by atoms with Gasteiger partial charge in [-0.2, -0.15) is 0 Å². The Hall–Kier alpha value is -2.89. The molecule has 0 saturated heterocycles. The Morgan fingerprint density at radius 1 is 1.10 bits per heavy atom. The number of benzene rings is 2. The number of rotatable bonds is 9.